The number of carbonyl (C=O) groups is 1. The number of methoxy groups -OCH3 is 1. The fraction of sp³-hybridized carbons (Fsp3) is 0.304. The molecule has 4 rings (SSSR count). The third kappa shape index (κ3) is 3.28. The van der Waals surface area contributed by atoms with Crippen molar-refractivity contribution in [2.45, 2.75) is 19.8 Å². The number of fused-ring (bicyclic) bond motifs is 1. The number of nitrogens with zero attached hydrogens (tertiary/aromatic N) is 2. The van der Waals surface area contributed by atoms with Crippen LogP contribution in [-0.4, -0.2) is 25.3 Å². The zero-order valence-electron chi connectivity index (χ0n) is 16.2. The number of benzene rings is 2. The summed E-state index contributed by atoms with van der Waals surface area (Å²) in [5.41, 5.74) is 2.67. The van der Waals surface area contributed by atoms with Crippen LogP contribution < -0.4 is 14.5 Å². The quantitative estimate of drug-likeness (QED) is 0.726. The zero-order chi connectivity index (χ0) is 19.5. The van der Waals surface area contributed by atoms with E-state index in [1.165, 1.54) is 0 Å². The maximum Gasteiger partial charge on any atom is 0.251 e. The molecule has 0 saturated carbocycles. The maximum absolute atomic E-state index is 13.1. The van der Waals surface area contributed by atoms with Gasteiger partial charge in [-0.25, -0.2) is 5.01 Å². The van der Waals surface area contributed by atoms with E-state index in [0.717, 1.165) is 29.8 Å². The molecule has 5 heteroatoms. The summed E-state index contributed by atoms with van der Waals surface area (Å²) in [7, 11) is 1.63. The van der Waals surface area contributed by atoms with Crippen molar-refractivity contribution >= 4 is 17.3 Å². The Labute approximate surface area is 165 Å². The fourth-order valence-corrected chi connectivity index (χ4v) is 3.91. The molecule has 0 N–H and O–H groups in total. The highest BCUT2D eigenvalue weighted by molar-refractivity contribution is 6.11. The van der Waals surface area contributed by atoms with E-state index in [0.29, 0.717) is 18.1 Å². The van der Waals surface area contributed by atoms with Crippen molar-refractivity contribution in [2.75, 3.05) is 18.7 Å². The summed E-state index contributed by atoms with van der Waals surface area (Å²) in [5, 5.41) is 6.37. The van der Waals surface area contributed by atoms with E-state index in [-0.39, 0.29) is 17.7 Å². The molecule has 2 atom stereocenters. The van der Waals surface area contributed by atoms with Crippen LogP contribution in [0, 0.1) is 11.8 Å². The molecule has 1 amide bonds. The van der Waals surface area contributed by atoms with E-state index in [1.807, 2.05) is 55.5 Å². The van der Waals surface area contributed by atoms with E-state index >= 15 is 0 Å². The lowest BCUT2D eigenvalue weighted by Gasteiger charge is -2.37. The first kappa shape index (κ1) is 18.3. The lowest BCUT2D eigenvalue weighted by atomic mass is 9.76. The van der Waals surface area contributed by atoms with Crippen molar-refractivity contribution in [1.29, 1.82) is 0 Å². The number of para-hydroxylation sites is 1. The average molecular weight is 376 g/mol. The third-order valence-corrected chi connectivity index (χ3v) is 5.28. The molecule has 2 aliphatic rings. The molecule has 0 radical (unpaired) electrons. The second-order valence-corrected chi connectivity index (χ2v) is 6.93. The van der Waals surface area contributed by atoms with Gasteiger partial charge in [-0.1, -0.05) is 30.4 Å². The van der Waals surface area contributed by atoms with Gasteiger partial charge in [0, 0.05) is 11.5 Å². The van der Waals surface area contributed by atoms with Gasteiger partial charge in [-0.3, -0.25) is 4.79 Å². The van der Waals surface area contributed by atoms with Gasteiger partial charge in [-0.15, -0.1) is 0 Å². The van der Waals surface area contributed by atoms with E-state index in [9.17, 15) is 4.79 Å². The average Bonchev–Trinajstić information content (AvgIpc) is 2.75. The topological polar surface area (TPSA) is 51.1 Å². The molecule has 0 saturated heterocycles. The van der Waals surface area contributed by atoms with Crippen molar-refractivity contribution in [3.8, 4) is 11.5 Å². The van der Waals surface area contributed by atoms with Gasteiger partial charge in [0.25, 0.3) is 5.91 Å². The van der Waals surface area contributed by atoms with Crippen LogP contribution in [0.1, 0.15) is 25.3 Å². The molecule has 144 valence electrons. The minimum absolute atomic E-state index is 0.0582. The van der Waals surface area contributed by atoms with E-state index in [2.05, 4.69) is 12.2 Å². The van der Waals surface area contributed by atoms with Crippen LogP contribution in [0.15, 0.2) is 65.8 Å². The smallest absolute Gasteiger partial charge is 0.251 e. The number of allylic oxidation sites excluding steroid dienone is 2. The molecule has 2 aromatic rings. The molecule has 0 fully saturated rings. The minimum atomic E-state index is -0.102. The Kier molecular flexibility index (Phi) is 5.15. The van der Waals surface area contributed by atoms with Gasteiger partial charge in [0.2, 0.25) is 0 Å². The molecule has 0 aromatic heterocycles. The van der Waals surface area contributed by atoms with Gasteiger partial charge < -0.3 is 9.47 Å². The summed E-state index contributed by atoms with van der Waals surface area (Å²) in [6.45, 7) is 2.50. The summed E-state index contributed by atoms with van der Waals surface area (Å²) in [4.78, 5) is 13.1. The fourth-order valence-electron chi connectivity index (χ4n) is 3.91. The lowest BCUT2D eigenvalue weighted by Crippen LogP contribution is -2.45. The van der Waals surface area contributed by atoms with Gasteiger partial charge in [-0.2, -0.15) is 5.10 Å². The predicted octanol–water partition coefficient (Wildman–Crippen LogP) is 4.43. The Morgan fingerprint density at radius 3 is 2.50 bits per heavy atom. The second kappa shape index (κ2) is 7.89. The molecule has 2 aromatic carbocycles. The predicted molar refractivity (Wildman–Crippen MR) is 110 cm³/mol. The number of hydrogen-bond acceptors (Lipinski definition) is 4. The van der Waals surface area contributed by atoms with Crippen LogP contribution in [0.25, 0.3) is 0 Å². The molecule has 0 spiro atoms. The highest BCUT2D eigenvalue weighted by Crippen LogP contribution is 2.38. The number of hydrogen-bond donors (Lipinski definition) is 0. The van der Waals surface area contributed by atoms with Crippen LogP contribution in [0.3, 0.4) is 0 Å². The largest absolute Gasteiger partial charge is 0.493 e. The van der Waals surface area contributed by atoms with Gasteiger partial charge in [0.05, 0.1) is 31.0 Å². The van der Waals surface area contributed by atoms with E-state index in [1.54, 1.807) is 12.1 Å². The van der Waals surface area contributed by atoms with E-state index in [4.69, 9.17) is 14.6 Å². The first-order valence-corrected chi connectivity index (χ1v) is 9.66. The standard InChI is InChI=1S/C23H24N2O3/c1-3-28-21-15-16(13-14-20(21)27-2)22-18-11-7-8-12-19(18)23(26)25(24-22)17-9-5-4-6-10-17/h4-10,13-15,18-19H,3,11-12H2,1-2H3. The Hall–Kier alpha value is -3.08. The van der Waals surface area contributed by atoms with Crippen LogP contribution in [0.2, 0.25) is 0 Å². The van der Waals surface area contributed by atoms with Gasteiger partial charge in [0.15, 0.2) is 11.5 Å². The van der Waals surface area contributed by atoms with Crippen LogP contribution in [0.5, 0.6) is 11.5 Å². The molecule has 1 aliphatic heterocycles. The molecule has 2 unspecified atom stereocenters. The Bertz CT molecular complexity index is 921. The van der Waals surface area contributed by atoms with Crippen molar-refractivity contribution in [3.63, 3.8) is 0 Å². The number of hydrazone groups is 1. The second-order valence-electron chi connectivity index (χ2n) is 6.93. The Morgan fingerprint density at radius 1 is 1.04 bits per heavy atom. The van der Waals surface area contributed by atoms with Crippen LogP contribution in [0.4, 0.5) is 5.69 Å². The summed E-state index contributed by atoms with van der Waals surface area (Å²) in [6, 6.07) is 15.5. The molecular formula is C23H24N2O3. The molecule has 1 heterocycles. The van der Waals surface area contributed by atoms with Crippen molar-refractivity contribution in [2.24, 2.45) is 16.9 Å². The first-order valence-electron chi connectivity index (χ1n) is 9.66. The van der Waals surface area contributed by atoms with E-state index < -0.39 is 0 Å². The highest BCUT2D eigenvalue weighted by Gasteiger charge is 2.40. The number of rotatable bonds is 5. The third-order valence-electron chi connectivity index (χ3n) is 5.28. The summed E-state index contributed by atoms with van der Waals surface area (Å²) >= 11 is 0. The summed E-state index contributed by atoms with van der Waals surface area (Å²) in [5.74, 6) is 1.41. The molecule has 28 heavy (non-hydrogen) atoms. The lowest BCUT2D eigenvalue weighted by molar-refractivity contribution is -0.123. The van der Waals surface area contributed by atoms with Crippen molar-refractivity contribution in [3.05, 3.63) is 66.2 Å². The van der Waals surface area contributed by atoms with Crippen LogP contribution >= 0.6 is 0 Å². The Balaban J connectivity index is 1.81. The molecule has 1 aliphatic carbocycles. The maximum atomic E-state index is 13.1. The SMILES string of the molecule is CCOc1cc(C2=NN(c3ccccc3)C(=O)C3CC=CCC23)ccc1OC. The monoisotopic (exact) mass is 376 g/mol. The molecule has 5 nitrogen and oxygen atoms in total. The Morgan fingerprint density at radius 2 is 1.79 bits per heavy atom. The van der Waals surface area contributed by atoms with Crippen LogP contribution in [-0.2, 0) is 4.79 Å². The summed E-state index contributed by atoms with van der Waals surface area (Å²) in [6.07, 6.45) is 5.80. The molecule has 0 bridgehead atoms. The number of carbonyl (C=O) groups excluding carboxylic acids is 1. The minimum Gasteiger partial charge on any atom is -0.493 e. The van der Waals surface area contributed by atoms with Crippen molar-refractivity contribution in [1.82, 2.24) is 0 Å². The number of ether oxygens (including phenoxy) is 2. The van der Waals surface area contributed by atoms with Gasteiger partial charge in [-0.05, 0) is 50.1 Å². The first-order chi connectivity index (χ1) is 13.7. The molecular weight excluding hydrogens is 352 g/mol. The highest BCUT2D eigenvalue weighted by atomic mass is 16.5. The zero-order valence-corrected chi connectivity index (χ0v) is 16.2. The van der Waals surface area contributed by atoms with Gasteiger partial charge >= 0.3 is 0 Å². The van der Waals surface area contributed by atoms with Gasteiger partial charge in [0.1, 0.15) is 0 Å². The number of amides is 1. The summed E-state index contributed by atoms with van der Waals surface area (Å²) < 4.78 is 11.2. The normalized spacial score (nSPS) is 21.1. The van der Waals surface area contributed by atoms with Crippen molar-refractivity contribution < 1.29 is 14.3 Å². The number of anilines is 1.